The number of carbonyl (C=O) groups excluding carboxylic acids is 1. The van der Waals surface area contributed by atoms with Crippen LogP contribution in [-0.4, -0.2) is 23.1 Å². The van der Waals surface area contributed by atoms with Gasteiger partial charge in [-0.05, 0) is 121 Å². The second kappa shape index (κ2) is 11.5. The van der Waals surface area contributed by atoms with Gasteiger partial charge in [-0.15, -0.1) is 0 Å². The van der Waals surface area contributed by atoms with Crippen molar-refractivity contribution in [3.05, 3.63) is 33.9 Å². The van der Waals surface area contributed by atoms with Gasteiger partial charge in [0.15, 0.2) is 0 Å². The lowest BCUT2D eigenvalue weighted by molar-refractivity contribution is -0.147. The van der Waals surface area contributed by atoms with Crippen molar-refractivity contribution >= 4 is 12.4 Å². The van der Waals surface area contributed by atoms with E-state index in [9.17, 15) is 14.7 Å². The average molecular weight is 419 g/mol. The first kappa shape index (κ1) is 26.2. The summed E-state index contributed by atoms with van der Waals surface area (Å²) < 4.78 is 5.14. The van der Waals surface area contributed by atoms with Crippen LogP contribution >= 0.6 is 0 Å². The van der Waals surface area contributed by atoms with Gasteiger partial charge in [0.25, 0.3) is 6.47 Å². The molecule has 0 saturated carbocycles. The van der Waals surface area contributed by atoms with E-state index in [1.165, 1.54) is 27.8 Å². The van der Waals surface area contributed by atoms with Crippen LogP contribution in [0.2, 0.25) is 0 Å². The molecule has 1 N–H and O–H groups in total. The second-order valence-electron chi connectivity index (χ2n) is 10.0. The summed E-state index contributed by atoms with van der Waals surface area (Å²) in [5.74, 6) is -0.710. The minimum Gasteiger partial charge on any atom is -0.481 e. The summed E-state index contributed by atoms with van der Waals surface area (Å²) >= 11 is 0. The summed E-state index contributed by atoms with van der Waals surface area (Å²) in [6, 6.07) is 2.38. The molecule has 0 aliphatic carbocycles. The Hall–Kier alpha value is -1.84. The molecule has 0 aliphatic rings. The molecule has 0 aliphatic heterocycles. The van der Waals surface area contributed by atoms with Crippen molar-refractivity contribution in [3.63, 3.8) is 0 Å². The van der Waals surface area contributed by atoms with Gasteiger partial charge in [-0.2, -0.15) is 0 Å². The normalized spacial score (nSPS) is 12.1. The fourth-order valence-corrected chi connectivity index (χ4v) is 3.93. The van der Waals surface area contributed by atoms with Crippen LogP contribution in [0.3, 0.4) is 0 Å². The van der Waals surface area contributed by atoms with Crippen molar-refractivity contribution < 1.29 is 19.4 Å². The molecule has 0 unspecified atom stereocenters. The number of carbonyl (C=O) groups is 2. The van der Waals surface area contributed by atoms with Crippen LogP contribution in [0.25, 0.3) is 0 Å². The molecule has 0 heterocycles. The zero-order valence-electron chi connectivity index (χ0n) is 20.2. The third kappa shape index (κ3) is 8.12. The summed E-state index contributed by atoms with van der Waals surface area (Å²) in [6.07, 6.45) is 8.91. The van der Waals surface area contributed by atoms with Gasteiger partial charge in [0, 0.05) is 0 Å². The highest BCUT2D eigenvalue weighted by Crippen LogP contribution is 2.27. The molecule has 0 aromatic heterocycles. The monoisotopic (exact) mass is 418 g/mol. The van der Waals surface area contributed by atoms with E-state index >= 15 is 0 Å². The number of unbranched alkanes of at least 4 members (excludes halogenated alkanes) is 3. The number of aliphatic carboxylic acids is 1. The van der Waals surface area contributed by atoms with Crippen molar-refractivity contribution in [2.24, 2.45) is 5.41 Å². The zero-order valence-corrected chi connectivity index (χ0v) is 20.2. The molecule has 0 fully saturated rings. The van der Waals surface area contributed by atoms with Crippen molar-refractivity contribution in [2.45, 2.75) is 112 Å². The van der Waals surface area contributed by atoms with Crippen LogP contribution in [0.5, 0.6) is 0 Å². The Balaban J connectivity index is 2.62. The largest absolute Gasteiger partial charge is 0.481 e. The highest BCUT2D eigenvalue weighted by Gasteiger charge is 2.26. The average Bonchev–Trinajstić information content (AvgIpc) is 2.65. The Kier molecular flexibility index (Phi) is 10.1. The molecule has 4 nitrogen and oxygen atoms in total. The summed E-state index contributed by atoms with van der Waals surface area (Å²) in [4.78, 5) is 21.8. The lowest BCUT2D eigenvalue weighted by Gasteiger charge is -2.22. The van der Waals surface area contributed by atoms with Crippen LogP contribution < -0.4 is 0 Å². The first-order chi connectivity index (χ1) is 13.9. The Labute approximate surface area is 183 Å². The molecule has 0 bridgehead atoms. The van der Waals surface area contributed by atoms with E-state index in [1.807, 2.05) is 13.8 Å². The fraction of sp³-hybridized carbons (Fsp3) is 0.692. The van der Waals surface area contributed by atoms with Crippen LogP contribution in [0.15, 0.2) is 6.07 Å². The quantitative estimate of drug-likeness (QED) is 0.277. The number of benzene rings is 1. The zero-order chi connectivity index (χ0) is 22.9. The van der Waals surface area contributed by atoms with Gasteiger partial charge in [0.1, 0.15) is 5.60 Å². The van der Waals surface area contributed by atoms with E-state index in [0.29, 0.717) is 6.47 Å². The molecule has 4 heteroatoms. The van der Waals surface area contributed by atoms with Gasteiger partial charge >= 0.3 is 5.97 Å². The fourth-order valence-electron chi connectivity index (χ4n) is 3.93. The number of carboxylic acids is 1. The minimum atomic E-state index is -0.710. The predicted molar refractivity (Wildman–Crippen MR) is 123 cm³/mol. The molecule has 1 rings (SSSR count). The van der Waals surface area contributed by atoms with Gasteiger partial charge in [0.2, 0.25) is 0 Å². The maximum absolute atomic E-state index is 11.2. The van der Waals surface area contributed by atoms with Crippen molar-refractivity contribution in [3.8, 4) is 0 Å². The molecule has 1 aromatic carbocycles. The second-order valence-corrected chi connectivity index (χ2v) is 10.0. The van der Waals surface area contributed by atoms with Crippen LogP contribution in [0.4, 0.5) is 0 Å². The lowest BCUT2D eigenvalue weighted by Crippen LogP contribution is -2.23. The topological polar surface area (TPSA) is 63.6 Å². The number of hydrogen-bond acceptors (Lipinski definition) is 3. The number of aryl methyl sites for hydroxylation is 2. The van der Waals surface area contributed by atoms with E-state index in [1.54, 1.807) is 13.8 Å². The third-order valence-corrected chi connectivity index (χ3v) is 6.61. The Bertz CT molecular complexity index is 716. The highest BCUT2D eigenvalue weighted by molar-refractivity contribution is 5.73. The molecule has 30 heavy (non-hydrogen) atoms. The minimum absolute atomic E-state index is 0.389. The van der Waals surface area contributed by atoms with Gasteiger partial charge < -0.3 is 9.84 Å². The Morgan fingerprint density at radius 2 is 1.37 bits per heavy atom. The summed E-state index contributed by atoms with van der Waals surface area (Å²) in [6.45, 7) is 14.7. The molecule has 0 amide bonds. The number of ether oxygens (including phenoxy) is 1. The van der Waals surface area contributed by atoms with E-state index in [4.69, 9.17) is 4.74 Å². The summed E-state index contributed by atoms with van der Waals surface area (Å²) in [5, 5.41) is 9.24. The first-order valence-corrected chi connectivity index (χ1v) is 11.3. The van der Waals surface area contributed by atoms with Gasteiger partial charge in [-0.1, -0.05) is 18.9 Å². The van der Waals surface area contributed by atoms with Gasteiger partial charge in [0.05, 0.1) is 5.41 Å². The molecular formula is C26H42O4. The van der Waals surface area contributed by atoms with Crippen LogP contribution in [0, 0.1) is 26.2 Å². The Morgan fingerprint density at radius 3 is 1.87 bits per heavy atom. The third-order valence-electron chi connectivity index (χ3n) is 6.61. The van der Waals surface area contributed by atoms with Gasteiger partial charge in [-0.25, -0.2) is 0 Å². The molecule has 0 atom stereocenters. The van der Waals surface area contributed by atoms with E-state index < -0.39 is 11.4 Å². The first-order valence-electron chi connectivity index (χ1n) is 11.3. The summed E-state index contributed by atoms with van der Waals surface area (Å²) in [5.41, 5.74) is 6.00. The van der Waals surface area contributed by atoms with Crippen LogP contribution in [-0.2, 0) is 27.2 Å². The molecule has 0 radical (unpaired) electrons. The van der Waals surface area contributed by atoms with Crippen molar-refractivity contribution in [2.75, 3.05) is 0 Å². The maximum atomic E-state index is 11.2. The number of carboxylic acid groups (broad SMARTS) is 1. The molecule has 170 valence electrons. The smallest absolute Gasteiger partial charge is 0.309 e. The summed E-state index contributed by atoms with van der Waals surface area (Å²) in [7, 11) is 0. The number of hydrogen-bond donors (Lipinski definition) is 1. The van der Waals surface area contributed by atoms with E-state index in [0.717, 1.165) is 57.8 Å². The predicted octanol–water partition coefficient (Wildman–Crippen LogP) is 6.49. The Morgan fingerprint density at radius 1 is 0.867 bits per heavy atom. The molecule has 0 saturated heterocycles. The molecular weight excluding hydrogens is 376 g/mol. The maximum Gasteiger partial charge on any atom is 0.309 e. The van der Waals surface area contributed by atoms with E-state index in [2.05, 4.69) is 26.8 Å². The van der Waals surface area contributed by atoms with Crippen molar-refractivity contribution in [1.82, 2.24) is 0 Å². The SMILES string of the molecule is Cc1c(CCCCCC(C)(C)C(=O)O)cc(CCCCC(C)(C)OC=O)c(C)c1C. The lowest BCUT2D eigenvalue weighted by atomic mass is 9.86. The van der Waals surface area contributed by atoms with Gasteiger partial charge in [-0.3, -0.25) is 9.59 Å². The highest BCUT2D eigenvalue weighted by atomic mass is 16.5. The van der Waals surface area contributed by atoms with Crippen molar-refractivity contribution in [1.29, 1.82) is 0 Å². The molecule has 0 spiro atoms. The molecule has 1 aromatic rings. The standard InChI is InChI=1S/C26H42O4/c1-19-20(2)22(13-9-8-11-15-25(4,5)24(28)29)17-23(21(19)3)14-10-12-16-26(6,7)30-18-27/h17-18H,8-16H2,1-7H3,(H,28,29). The van der Waals surface area contributed by atoms with E-state index in [-0.39, 0.29) is 5.60 Å². The van der Waals surface area contributed by atoms with Crippen LogP contribution in [0.1, 0.15) is 100 Å². The number of rotatable bonds is 14.